The Morgan fingerprint density at radius 2 is 0.149 bits per heavy atom. The van der Waals surface area contributed by atoms with Gasteiger partial charge in [0.15, 0.2) is 16.6 Å². The van der Waals surface area contributed by atoms with Gasteiger partial charge in [0.05, 0.1) is 0 Å². The average molecular weight is 2120 g/mol. The van der Waals surface area contributed by atoms with Gasteiger partial charge in [0, 0.05) is 0 Å². The highest BCUT2D eigenvalue weighted by Crippen LogP contribution is 2.50. The van der Waals surface area contributed by atoms with Crippen LogP contribution in [0.2, 0.25) is 109 Å². The highest BCUT2D eigenvalue weighted by Gasteiger charge is 2.61. The van der Waals surface area contributed by atoms with Crippen molar-refractivity contribution in [2.45, 2.75) is 811 Å². The van der Waals surface area contributed by atoms with Crippen molar-refractivity contribution in [3.63, 3.8) is 0 Å². The molecule has 0 saturated carbocycles. The summed E-state index contributed by atoms with van der Waals surface area (Å²) in [6.07, 6.45) is 118. The van der Waals surface area contributed by atoms with Crippen LogP contribution in [0.4, 0.5) is 0 Å². The van der Waals surface area contributed by atoms with E-state index in [1.165, 1.54) is 638 Å². The van der Waals surface area contributed by atoms with Crippen molar-refractivity contribution in [2.75, 3.05) is 0 Å². The topological polar surface area (TPSA) is 64.6 Å². The first-order chi connectivity index (χ1) is 69.0. The van der Waals surface area contributed by atoms with Gasteiger partial charge in [-0.25, -0.2) is 0 Å². The van der Waals surface area contributed by atoms with Crippen LogP contribution in [0.25, 0.3) is 0 Å². The van der Waals surface area contributed by atoms with Crippen molar-refractivity contribution in [3.8, 4) is 0 Å². The fourth-order valence-corrected chi connectivity index (χ4v) is 77.1. The lowest BCUT2D eigenvalue weighted by atomic mass is 10.2. The average Bonchev–Trinajstić information content (AvgIpc) is 0.758. The maximum absolute atomic E-state index is 10.1. The molecule has 0 aromatic heterocycles. The van der Waals surface area contributed by atoms with E-state index in [1.807, 2.05) is 0 Å². The quantitative estimate of drug-likeness (QED) is 0.0444. The van der Waals surface area contributed by atoms with Gasteiger partial charge in [-0.1, -0.05) is 703 Å². The lowest BCUT2D eigenvalue weighted by Crippen LogP contribution is -2.68. The zero-order valence-corrected chi connectivity index (χ0v) is 109. The lowest BCUT2D eigenvalue weighted by Gasteiger charge is -2.52. The summed E-state index contributed by atoms with van der Waals surface area (Å²) in [6.45, 7) is 44.3. The summed E-state index contributed by atoms with van der Waals surface area (Å²) in [5, 5.41) is 0. The first-order valence-corrected chi connectivity index (χ1v) is 85.4. The van der Waals surface area contributed by atoms with E-state index in [0.717, 1.165) is 48.4 Å². The Morgan fingerprint density at radius 3 is 0.234 bits per heavy atom. The minimum atomic E-state index is -3.48. The molecule has 0 aliphatic heterocycles. The molecule has 0 bridgehead atoms. The number of hydrogen-bond acceptors (Lipinski definition) is 7. The molecular weight excluding hydrogens is 1850 g/mol. The van der Waals surface area contributed by atoms with E-state index in [1.54, 1.807) is 0 Å². The molecule has 0 aromatic carbocycles. The summed E-state index contributed by atoms with van der Waals surface area (Å²) in [5.74, 6) is 0. The summed E-state index contributed by atoms with van der Waals surface area (Å²) in [7, 11) is -25.1. The minimum Gasteiger partial charge on any atom is -0.436 e. The number of unbranched alkanes of at least 4 members (excludes halogenated alkanes) is 72. The van der Waals surface area contributed by atoms with Crippen LogP contribution in [0.15, 0.2) is 0 Å². The molecule has 0 saturated heterocycles. The molecule has 0 aromatic rings. The molecule has 0 N–H and O–H groups in total. The van der Waals surface area contributed by atoms with E-state index in [0.29, 0.717) is 0 Å². The van der Waals surface area contributed by atoms with Crippen molar-refractivity contribution in [1.82, 2.24) is 0 Å². The third-order valence-electron chi connectivity index (χ3n) is 33.0. The summed E-state index contributed by atoms with van der Waals surface area (Å²) in [6, 6.07) is 21.8. The van der Waals surface area contributed by atoms with Gasteiger partial charge in [-0.2, -0.15) is 0 Å². The van der Waals surface area contributed by atoms with Crippen LogP contribution in [-0.4, -0.2) is 68.0 Å². The Kier molecular flexibility index (Phi) is 104. The summed E-state index contributed by atoms with van der Waals surface area (Å²) in [5.41, 5.74) is 0. The van der Waals surface area contributed by atoms with Gasteiger partial charge < -0.3 is 28.8 Å². The fourth-order valence-electron chi connectivity index (χ4n) is 23.9. The van der Waals surface area contributed by atoms with Crippen molar-refractivity contribution in [3.05, 3.63) is 0 Å². The van der Waals surface area contributed by atoms with Crippen LogP contribution in [0.1, 0.15) is 703 Å². The largest absolute Gasteiger partial charge is 0.436 e. The van der Waals surface area contributed by atoms with E-state index < -0.39 is 68.0 Å². The zero-order chi connectivity index (χ0) is 103. The van der Waals surface area contributed by atoms with Gasteiger partial charge in [0.2, 0.25) is 0 Å². The standard InChI is InChI=1S/C126H270O7Si8/c1-19-37-55-73-91-109-134(110-92-74-56-38-20-2,111-93-75-57-39-21-3)127-136(115-97-79-61-43-25-7,116-98-80-62-44-26-8)129-138(119-101-83-65-47-29-11,120-102-84-66-48-30-12)131-140(123-105-87-69-51-33-15,124-106-88-70-52-34-16)133-141(125-107-89-71-53-35-17,126-108-90-72-54-36-18)132-139(121-103-85-67-49-31-13,122-104-86-68-50-32-14)130-137(117-99-81-63-45-27-9,118-100-82-64-46-28-10)128-135(112-94-76-58-40-22-4,113-95-77-59-41-23-5)114-96-78-60-42-24-6/h19-126H2,1-18H3. The second-order valence-electron chi connectivity index (χ2n) is 47.5. The van der Waals surface area contributed by atoms with E-state index in [4.69, 9.17) is 0 Å². The molecule has 0 amide bonds. The van der Waals surface area contributed by atoms with E-state index >= 15 is 0 Å². The molecule has 141 heavy (non-hydrogen) atoms. The summed E-state index contributed by atoms with van der Waals surface area (Å²) >= 11 is 0. The molecule has 0 radical (unpaired) electrons. The second-order valence-corrected chi connectivity index (χ2v) is 77.9. The number of hydrogen-bond donors (Lipinski definition) is 0. The number of rotatable bonds is 122. The maximum Gasteiger partial charge on any atom is 0.320 e. The monoisotopic (exact) mass is 2120 g/mol. The van der Waals surface area contributed by atoms with Crippen molar-refractivity contribution in [2.24, 2.45) is 0 Å². The van der Waals surface area contributed by atoms with Crippen molar-refractivity contribution < 1.29 is 28.8 Å². The summed E-state index contributed by atoms with van der Waals surface area (Å²) < 4.78 is 69.1. The molecule has 0 spiro atoms. The Morgan fingerprint density at radius 1 is 0.0780 bits per heavy atom. The van der Waals surface area contributed by atoms with E-state index in [2.05, 4.69) is 125 Å². The van der Waals surface area contributed by atoms with Crippen LogP contribution >= 0.6 is 0 Å². The molecule has 0 heterocycles. The Hall–Kier alpha value is 1.46. The van der Waals surface area contributed by atoms with Crippen LogP contribution in [-0.2, 0) is 28.8 Å². The van der Waals surface area contributed by atoms with Gasteiger partial charge in [0.1, 0.15) is 0 Å². The van der Waals surface area contributed by atoms with Crippen molar-refractivity contribution >= 4 is 68.0 Å². The SMILES string of the molecule is CCCCCCC[Si](CCCCCCC)(CCCCCCC)O[Si](CCCCCCC)(CCCCCCC)O[Si](CCCCCCC)(CCCCCCC)O[Si](CCCCCCC)(CCCCCCC)O[Si](CCCCCCC)(CCCCCCC)O[Si](CCCCCCC)(CCCCCCC)O[Si](CCCCCCC)(CCCCCCC)O[Si](CCCCCCC)(CCCCCCC)CCCCCCC. The van der Waals surface area contributed by atoms with Crippen LogP contribution in [0, 0.1) is 0 Å². The minimum absolute atomic E-state index is 1.11. The fraction of sp³-hybridized carbons (Fsp3) is 1.00. The third kappa shape index (κ3) is 78.3. The van der Waals surface area contributed by atoms with Crippen LogP contribution in [0.3, 0.4) is 0 Å². The van der Waals surface area contributed by atoms with E-state index in [-0.39, 0.29) is 0 Å². The van der Waals surface area contributed by atoms with E-state index in [9.17, 15) is 28.8 Å². The highest BCUT2D eigenvalue weighted by atomic mass is 28.5. The molecule has 0 aliphatic carbocycles. The second kappa shape index (κ2) is 103. The zero-order valence-electron chi connectivity index (χ0n) is 101. The van der Waals surface area contributed by atoms with Gasteiger partial charge >= 0.3 is 51.4 Å². The van der Waals surface area contributed by atoms with Crippen LogP contribution < -0.4 is 0 Å². The van der Waals surface area contributed by atoms with Gasteiger partial charge in [-0.15, -0.1) is 0 Å². The first kappa shape index (κ1) is 142. The molecule has 0 rings (SSSR count). The molecule has 0 fully saturated rings. The van der Waals surface area contributed by atoms with Gasteiger partial charge in [-0.3, -0.25) is 0 Å². The molecule has 15 heteroatoms. The normalized spacial score (nSPS) is 12.9. The molecule has 848 valence electrons. The van der Waals surface area contributed by atoms with Crippen LogP contribution in [0.5, 0.6) is 0 Å². The molecular formula is C126H270O7Si8. The lowest BCUT2D eigenvalue weighted by molar-refractivity contribution is 0.226. The first-order valence-electron chi connectivity index (χ1n) is 66.9. The van der Waals surface area contributed by atoms with Gasteiger partial charge in [0.25, 0.3) is 0 Å². The predicted molar refractivity (Wildman–Crippen MR) is 658 cm³/mol. The maximum atomic E-state index is 10.1. The third-order valence-corrected chi connectivity index (χ3v) is 75.3. The van der Waals surface area contributed by atoms with Crippen molar-refractivity contribution in [1.29, 1.82) is 0 Å². The predicted octanol–water partition coefficient (Wildman–Crippen LogP) is 49.1. The highest BCUT2D eigenvalue weighted by molar-refractivity contribution is 6.95. The molecule has 7 nitrogen and oxygen atoms in total. The smallest absolute Gasteiger partial charge is 0.320 e. The Labute approximate surface area is 901 Å². The Balaban J connectivity index is 12.0. The summed E-state index contributed by atoms with van der Waals surface area (Å²) in [4.78, 5) is 0. The Bertz CT molecular complexity index is 2150. The molecule has 0 aliphatic rings. The molecule has 0 atom stereocenters. The molecule has 0 unspecified atom stereocenters. The van der Waals surface area contributed by atoms with Gasteiger partial charge in [-0.05, 0) is 109 Å².